The first-order valence-electron chi connectivity index (χ1n) is 5.07. The summed E-state index contributed by atoms with van der Waals surface area (Å²) >= 11 is 0. The van der Waals surface area contributed by atoms with E-state index in [4.69, 9.17) is 0 Å². The van der Waals surface area contributed by atoms with Crippen LogP contribution in [0.4, 0.5) is 0 Å². The molecule has 70 valence electrons. The van der Waals surface area contributed by atoms with Crippen molar-refractivity contribution in [3.63, 3.8) is 0 Å². The molecule has 0 saturated carbocycles. The van der Waals surface area contributed by atoms with E-state index in [0.717, 1.165) is 31.3 Å². The third-order valence-electron chi connectivity index (χ3n) is 2.86. The summed E-state index contributed by atoms with van der Waals surface area (Å²) < 4.78 is 2.27. The average Bonchev–Trinajstić information content (AvgIpc) is 2.48. The molecule has 0 bridgehead atoms. The highest BCUT2D eigenvalue weighted by Crippen LogP contribution is 2.28. The lowest BCUT2D eigenvalue weighted by Crippen LogP contribution is -2.21. The van der Waals surface area contributed by atoms with Crippen molar-refractivity contribution in [3.8, 4) is 0 Å². The topological polar surface area (TPSA) is 20.1 Å². The highest BCUT2D eigenvalue weighted by atomic mass is 16.1. The van der Waals surface area contributed by atoms with Crippen LogP contribution in [0.2, 0.25) is 0 Å². The number of ketones is 1. The van der Waals surface area contributed by atoms with Gasteiger partial charge in [0.15, 0.2) is 23.7 Å². The molecule has 2 rings (SSSR count). The Morgan fingerprint density at radius 1 is 1.38 bits per heavy atom. The Hall–Kier alpha value is -0.920. The molecule has 1 heterocycles. The van der Waals surface area contributed by atoms with Crippen LogP contribution in [0, 0.1) is 0 Å². The van der Waals surface area contributed by atoms with Crippen molar-refractivity contribution < 1.29 is 9.37 Å². The monoisotopic (exact) mass is 178 g/mol. The van der Waals surface area contributed by atoms with Crippen LogP contribution in [0.1, 0.15) is 39.5 Å². The van der Waals surface area contributed by atoms with Gasteiger partial charge in [-0.2, -0.15) is 0 Å². The summed E-state index contributed by atoms with van der Waals surface area (Å²) in [5.74, 6) is 0.376. The molecule has 0 spiro atoms. The van der Waals surface area contributed by atoms with E-state index < -0.39 is 0 Å². The highest BCUT2D eigenvalue weighted by molar-refractivity contribution is 5.99. The van der Waals surface area contributed by atoms with Crippen molar-refractivity contribution in [1.82, 2.24) is 0 Å². The number of carbonyl (C=O) groups is 1. The summed E-state index contributed by atoms with van der Waals surface area (Å²) in [5.41, 5.74) is 2.38. The van der Waals surface area contributed by atoms with Crippen LogP contribution < -0.4 is 0 Å². The van der Waals surface area contributed by atoms with Gasteiger partial charge < -0.3 is 0 Å². The molecule has 0 fully saturated rings. The first-order valence-corrected chi connectivity index (χ1v) is 5.07. The smallest absolute Gasteiger partial charge is 0.188 e. The van der Waals surface area contributed by atoms with Crippen molar-refractivity contribution in [2.75, 3.05) is 0 Å². The molecule has 0 aromatic rings. The number of hydrogen-bond donors (Lipinski definition) is 0. The maximum Gasteiger partial charge on any atom is 0.188 e. The van der Waals surface area contributed by atoms with Crippen LogP contribution in [-0.2, 0) is 4.79 Å². The molecule has 0 radical (unpaired) electrons. The second kappa shape index (κ2) is 3.09. The lowest BCUT2D eigenvalue weighted by Gasteiger charge is -2.12. The minimum absolute atomic E-state index is 0.376. The molecule has 0 aromatic carbocycles. The molecule has 2 nitrogen and oxygen atoms in total. The number of rotatable bonds is 1. The van der Waals surface area contributed by atoms with Gasteiger partial charge in [-0.1, -0.05) is 0 Å². The van der Waals surface area contributed by atoms with Gasteiger partial charge in [0.1, 0.15) is 0 Å². The number of nitrogens with zero attached hydrogens (tertiary/aromatic N) is 1. The second-order valence-electron chi connectivity index (χ2n) is 4.09. The number of carbonyl (C=O) groups excluding carboxylic acids is 1. The standard InChI is InChI=1S/C11H16NO/c1-8(2)12-7-6-9-10(12)4-3-5-11(9)13/h7-8H,3-6H2,1-2H3/q+1. The van der Waals surface area contributed by atoms with Gasteiger partial charge >= 0.3 is 0 Å². The van der Waals surface area contributed by atoms with Crippen molar-refractivity contribution in [2.24, 2.45) is 0 Å². The van der Waals surface area contributed by atoms with E-state index in [1.807, 2.05) is 0 Å². The Balaban J connectivity index is 2.33. The largest absolute Gasteiger partial charge is 0.294 e. The zero-order valence-electron chi connectivity index (χ0n) is 8.34. The molecule has 0 amide bonds. The number of Topliss-reactive ketones (excluding diaryl/α,β-unsaturated/α-hetero) is 1. The van der Waals surface area contributed by atoms with Crippen molar-refractivity contribution >= 4 is 12.0 Å². The predicted molar refractivity (Wildman–Crippen MR) is 52.0 cm³/mol. The number of allylic oxidation sites excluding steroid dienone is 2. The third-order valence-corrected chi connectivity index (χ3v) is 2.86. The Labute approximate surface area is 79.0 Å². The van der Waals surface area contributed by atoms with E-state index in [1.165, 1.54) is 5.70 Å². The second-order valence-corrected chi connectivity index (χ2v) is 4.09. The minimum atomic E-state index is 0.376. The molecule has 13 heavy (non-hydrogen) atoms. The fraction of sp³-hybridized carbons (Fsp3) is 0.636. The Kier molecular flexibility index (Phi) is 2.06. The van der Waals surface area contributed by atoms with Crippen LogP contribution in [0.25, 0.3) is 0 Å². The first-order chi connectivity index (χ1) is 6.20. The van der Waals surface area contributed by atoms with Gasteiger partial charge in [-0.25, -0.2) is 4.58 Å². The summed E-state index contributed by atoms with van der Waals surface area (Å²) in [4.78, 5) is 11.5. The fourth-order valence-electron chi connectivity index (χ4n) is 2.22. The van der Waals surface area contributed by atoms with Crippen molar-refractivity contribution in [1.29, 1.82) is 0 Å². The summed E-state index contributed by atoms with van der Waals surface area (Å²) in [6, 6.07) is 0.499. The third kappa shape index (κ3) is 1.34. The summed E-state index contributed by atoms with van der Waals surface area (Å²) in [6.45, 7) is 4.34. The van der Waals surface area contributed by atoms with Crippen LogP contribution in [-0.4, -0.2) is 22.6 Å². The first kappa shape index (κ1) is 8.67. The quantitative estimate of drug-likeness (QED) is 0.561. The van der Waals surface area contributed by atoms with Gasteiger partial charge in [0.25, 0.3) is 0 Å². The zero-order chi connectivity index (χ0) is 9.42. The van der Waals surface area contributed by atoms with Crippen LogP contribution >= 0.6 is 0 Å². The van der Waals surface area contributed by atoms with Crippen molar-refractivity contribution in [2.45, 2.75) is 45.6 Å². The van der Waals surface area contributed by atoms with E-state index in [2.05, 4.69) is 24.6 Å². The molecule has 1 aliphatic heterocycles. The molecule has 0 N–H and O–H groups in total. The summed E-state index contributed by atoms with van der Waals surface area (Å²) in [5, 5.41) is 0. The van der Waals surface area contributed by atoms with Gasteiger partial charge in [0.05, 0.1) is 12.0 Å². The van der Waals surface area contributed by atoms with E-state index >= 15 is 0 Å². The van der Waals surface area contributed by atoms with Gasteiger partial charge in [-0.15, -0.1) is 0 Å². The molecule has 0 saturated heterocycles. The van der Waals surface area contributed by atoms with Crippen LogP contribution in [0.5, 0.6) is 0 Å². The molecule has 1 aliphatic carbocycles. The fourth-order valence-corrected chi connectivity index (χ4v) is 2.22. The lowest BCUT2D eigenvalue weighted by atomic mass is 9.94. The van der Waals surface area contributed by atoms with Crippen LogP contribution in [0.15, 0.2) is 11.3 Å². The molecule has 2 heteroatoms. The maximum atomic E-state index is 11.5. The maximum absolute atomic E-state index is 11.5. The average molecular weight is 178 g/mol. The van der Waals surface area contributed by atoms with E-state index in [9.17, 15) is 4.79 Å². The lowest BCUT2D eigenvalue weighted by molar-refractivity contribution is -0.506. The molecular formula is C11H16NO+. The number of hydrogen-bond acceptors (Lipinski definition) is 1. The molecule has 0 aromatic heterocycles. The van der Waals surface area contributed by atoms with Gasteiger partial charge in [-0.3, -0.25) is 4.79 Å². The SMILES string of the molecule is CC(C)[N+]1=CCC2=C1CCCC2=O. The van der Waals surface area contributed by atoms with E-state index in [-0.39, 0.29) is 0 Å². The van der Waals surface area contributed by atoms with Gasteiger partial charge in [0.2, 0.25) is 0 Å². The van der Waals surface area contributed by atoms with E-state index in [1.54, 1.807) is 0 Å². The summed E-state index contributed by atoms with van der Waals surface area (Å²) in [7, 11) is 0. The van der Waals surface area contributed by atoms with Gasteiger partial charge in [-0.05, 0) is 20.3 Å². The van der Waals surface area contributed by atoms with Gasteiger partial charge in [0, 0.05) is 12.8 Å². The predicted octanol–water partition coefficient (Wildman–Crippen LogP) is 1.89. The molecular weight excluding hydrogens is 162 g/mol. The summed E-state index contributed by atoms with van der Waals surface area (Å²) in [6.07, 6.45) is 5.92. The molecule has 0 unspecified atom stereocenters. The van der Waals surface area contributed by atoms with Crippen LogP contribution in [0.3, 0.4) is 0 Å². The normalized spacial score (nSPS) is 22.4. The highest BCUT2D eigenvalue weighted by Gasteiger charge is 2.33. The minimum Gasteiger partial charge on any atom is -0.294 e. The zero-order valence-corrected chi connectivity index (χ0v) is 8.34. The Morgan fingerprint density at radius 2 is 2.15 bits per heavy atom. The van der Waals surface area contributed by atoms with Crippen molar-refractivity contribution in [3.05, 3.63) is 11.3 Å². The Morgan fingerprint density at radius 3 is 2.85 bits per heavy atom. The Bertz CT molecular complexity index is 310. The molecule has 0 atom stereocenters. The molecule has 2 aliphatic rings. The van der Waals surface area contributed by atoms with E-state index in [0.29, 0.717) is 11.8 Å².